The van der Waals surface area contributed by atoms with Gasteiger partial charge in [0.1, 0.15) is 10.7 Å². The Bertz CT molecular complexity index is 809. The van der Waals surface area contributed by atoms with Crippen LogP contribution in [0.15, 0.2) is 40.7 Å². The summed E-state index contributed by atoms with van der Waals surface area (Å²) in [5, 5.41) is 5.87. The number of amides is 1. The minimum Gasteiger partial charge on any atom is -0.361 e. The van der Waals surface area contributed by atoms with Crippen LogP contribution in [0.2, 0.25) is 0 Å². The molecule has 1 aromatic carbocycles. The van der Waals surface area contributed by atoms with Crippen molar-refractivity contribution in [3.8, 4) is 0 Å². The fraction of sp³-hybridized carbons (Fsp3) is 0.188. The maximum Gasteiger partial charge on any atom is 0.262 e. The van der Waals surface area contributed by atoms with Gasteiger partial charge in [-0.2, -0.15) is 0 Å². The summed E-state index contributed by atoms with van der Waals surface area (Å²) in [7, 11) is 0. The van der Waals surface area contributed by atoms with Crippen molar-refractivity contribution in [2.45, 2.75) is 11.3 Å². The van der Waals surface area contributed by atoms with Crippen LogP contribution < -0.4 is 5.32 Å². The third-order valence-corrected chi connectivity index (χ3v) is 5.29. The lowest BCUT2D eigenvalue weighted by Crippen LogP contribution is -2.25. The molecule has 0 aliphatic rings. The number of rotatable bonds is 5. The summed E-state index contributed by atoms with van der Waals surface area (Å²) in [5.41, 5.74) is 1.86. The topological polar surface area (TPSA) is 44.9 Å². The van der Waals surface area contributed by atoms with Gasteiger partial charge in [-0.3, -0.25) is 4.79 Å². The molecule has 3 nitrogen and oxygen atoms in total. The van der Waals surface area contributed by atoms with Gasteiger partial charge in [0.25, 0.3) is 5.91 Å². The lowest BCUT2D eigenvalue weighted by Gasteiger charge is -2.05. The molecule has 0 radical (unpaired) electrons. The molecule has 22 heavy (non-hydrogen) atoms. The van der Waals surface area contributed by atoms with Crippen molar-refractivity contribution in [2.75, 3.05) is 12.8 Å². The maximum absolute atomic E-state index is 13.2. The maximum atomic E-state index is 13.2. The molecule has 0 atom stereocenters. The van der Waals surface area contributed by atoms with Crippen LogP contribution in [0.1, 0.15) is 15.2 Å². The fourth-order valence-corrected chi connectivity index (χ4v) is 4.05. The summed E-state index contributed by atoms with van der Waals surface area (Å²) in [5.74, 6) is -0.290. The summed E-state index contributed by atoms with van der Waals surface area (Å²) in [6, 6.07) is 6.66. The van der Waals surface area contributed by atoms with Gasteiger partial charge < -0.3 is 10.3 Å². The number of H-pyrrole nitrogens is 1. The average Bonchev–Trinajstić information content (AvgIpc) is 3.13. The predicted octanol–water partition coefficient (Wildman–Crippen LogP) is 4.06. The van der Waals surface area contributed by atoms with E-state index in [2.05, 4.69) is 10.3 Å². The molecular formula is C16H15FN2OS2. The van der Waals surface area contributed by atoms with Gasteiger partial charge in [0.2, 0.25) is 0 Å². The van der Waals surface area contributed by atoms with Crippen LogP contribution >= 0.6 is 23.1 Å². The van der Waals surface area contributed by atoms with Crippen molar-refractivity contribution in [3.63, 3.8) is 0 Å². The number of nitrogens with one attached hydrogen (secondary N) is 2. The van der Waals surface area contributed by atoms with Crippen molar-refractivity contribution in [1.82, 2.24) is 10.3 Å². The highest BCUT2D eigenvalue weighted by atomic mass is 32.2. The Kier molecular flexibility index (Phi) is 4.49. The smallest absolute Gasteiger partial charge is 0.262 e. The molecule has 3 rings (SSSR count). The van der Waals surface area contributed by atoms with Gasteiger partial charge in [0.05, 0.1) is 0 Å². The molecule has 0 aliphatic heterocycles. The van der Waals surface area contributed by atoms with Crippen molar-refractivity contribution < 1.29 is 9.18 Å². The second-order valence-corrected chi connectivity index (χ2v) is 6.59. The molecular weight excluding hydrogens is 319 g/mol. The number of carbonyl (C=O) groups is 1. The van der Waals surface area contributed by atoms with Crippen LogP contribution in [0.3, 0.4) is 0 Å². The Labute approximate surface area is 135 Å². The van der Waals surface area contributed by atoms with Gasteiger partial charge in [0, 0.05) is 28.5 Å². The van der Waals surface area contributed by atoms with E-state index in [1.165, 1.54) is 23.5 Å². The first-order valence-corrected chi connectivity index (χ1v) is 8.94. The summed E-state index contributed by atoms with van der Waals surface area (Å²) in [6.07, 6.45) is 4.54. The summed E-state index contributed by atoms with van der Waals surface area (Å²) < 4.78 is 13.2. The molecule has 114 valence electrons. The van der Waals surface area contributed by atoms with Crippen molar-refractivity contribution in [3.05, 3.63) is 52.1 Å². The first-order valence-electron chi connectivity index (χ1n) is 6.84. The second kappa shape index (κ2) is 6.54. The van der Waals surface area contributed by atoms with E-state index in [1.807, 2.05) is 23.9 Å². The molecule has 0 aliphatic carbocycles. The Morgan fingerprint density at radius 1 is 1.41 bits per heavy atom. The number of benzene rings is 1. The Morgan fingerprint density at radius 2 is 2.27 bits per heavy atom. The minimum atomic E-state index is -0.253. The number of halogens is 1. The van der Waals surface area contributed by atoms with Crippen molar-refractivity contribution in [1.29, 1.82) is 0 Å². The number of thiophene rings is 1. The quantitative estimate of drug-likeness (QED) is 0.691. The zero-order valence-electron chi connectivity index (χ0n) is 12.0. The highest BCUT2D eigenvalue weighted by Crippen LogP contribution is 2.25. The van der Waals surface area contributed by atoms with E-state index < -0.39 is 0 Å². The number of aromatic amines is 1. The van der Waals surface area contributed by atoms with Crippen LogP contribution in [-0.2, 0) is 6.42 Å². The zero-order valence-corrected chi connectivity index (χ0v) is 13.6. The molecule has 2 N–H and O–H groups in total. The molecule has 0 saturated carbocycles. The molecule has 0 bridgehead atoms. The summed E-state index contributed by atoms with van der Waals surface area (Å²) >= 11 is 3.03. The molecule has 2 heterocycles. The SMILES string of the molecule is CSc1ccsc1C(=O)NCCc1c[nH]c2cc(F)ccc12. The standard InChI is InChI=1S/C16H15FN2OS2/c1-21-14-5-7-22-15(14)16(20)18-6-4-10-9-19-13-8-11(17)2-3-12(10)13/h2-3,5,7-9,19H,4,6H2,1H3,(H,18,20). The van der Waals surface area contributed by atoms with Crippen LogP contribution in [0.4, 0.5) is 4.39 Å². The molecule has 3 aromatic rings. The Morgan fingerprint density at radius 3 is 3.09 bits per heavy atom. The minimum absolute atomic E-state index is 0.0368. The fourth-order valence-electron chi connectivity index (χ4n) is 2.38. The lowest BCUT2D eigenvalue weighted by molar-refractivity contribution is 0.0955. The van der Waals surface area contributed by atoms with Crippen molar-refractivity contribution in [2.24, 2.45) is 0 Å². The van der Waals surface area contributed by atoms with Gasteiger partial charge in [-0.15, -0.1) is 23.1 Å². The number of hydrogen-bond donors (Lipinski definition) is 2. The normalized spacial score (nSPS) is 11.0. The number of carbonyl (C=O) groups excluding carboxylic acids is 1. The Balaban J connectivity index is 1.64. The third-order valence-electron chi connectivity index (χ3n) is 3.46. The second-order valence-electron chi connectivity index (χ2n) is 4.83. The highest BCUT2D eigenvalue weighted by molar-refractivity contribution is 7.98. The van der Waals surface area contributed by atoms with Crippen molar-refractivity contribution >= 4 is 39.9 Å². The predicted molar refractivity (Wildman–Crippen MR) is 90.4 cm³/mol. The van der Waals surface area contributed by atoms with Crippen LogP contribution in [0, 0.1) is 5.82 Å². The van der Waals surface area contributed by atoms with Gasteiger partial charge in [-0.25, -0.2) is 4.39 Å². The molecule has 0 fully saturated rings. The molecule has 0 saturated heterocycles. The summed E-state index contributed by atoms with van der Waals surface area (Å²) in [4.78, 5) is 17.0. The molecule has 1 amide bonds. The number of thioether (sulfide) groups is 1. The molecule has 2 aromatic heterocycles. The van der Waals surface area contributed by atoms with Crippen LogP contribution in [-0.4, -0.2) is 23.7 Å². The Hall–Kier alpha value is -1.79. The number of fused-ring (bicyclic) bond motifs is 1. The zero-order chi connectivity index (χ0) is 15.5. The lowest BCUT2D eigenvalue weighted by atomic mass is 10.1. The molecule has 0 unspecified atom stereocenters. The van der Waals surface area contributed by atoms with Crippen LogP contribution in [0.5, 0.6) is 0 Å². The van der Waals surface area contributed by atoms with E-state index in [1.54, 1.807) is 17.8 Å². The first-order chi connectivity index (χ1) is 10.7. The highest BCUT2D eigenvalue weighted by Gasteiger charge is 2.12. The van der Waals surface area contributed by atoms with E-state index >= 15 is 0 Å². The van der Waals surface area contributed by atoms with E-state index in [-0.39, 0.29) is 11.7 Å². The summed E-state index contributed by atoms with van der Waals surface area (Å²) in [6.45, 7) is 0.550. The van der Waals surface area contributed by atoms with Gasteiger partial charge >= 0.3 is 0 Å². The third kappa shape index (κ3) is 3.03. The van der Waals surface area contributed by atoms with Crippen LogP contribution in [0.25, 0.3) is 10.9 Å². The first kappa shape index (κ1) is 15.1. The van der Waals surface area contributed by atoms with E-state index in [9.17, 15) is 9.18 Å². The molecule has 0 spiro atoms. The van der Waals surface area contributed by atoms with E-state index in [0.717, 1.165) is 26.2 Å². The van der Waals surface area contributed by atoms with Gasteiger partial charge in [0.15, 0.2) is 0 Å². The average molecular weight is 334 g/mol. The van der Waals surface area contributed by atoms with E-state index in [4.69, 9.17) is 0 Å². The number of hydrogen-bond acceptors (Lipinski definition) is 3. The van der Waals surface area contributed by atoms with Gasteiger partial charge in [-0.1, -0.05) is 0 Å². The number of aromatic nitrogens is 1. The van der Waals surface area contributed by atoms with Gasteiger partial charge in [-0.05, 0) is 47.9 Å². The largest absolute Gasteiger partial charge is 0.361 e. The molecule has 6 heteroatoms. The van der Waals surface area contributed by atoms with E-state index in [0.29, 0.717) is 13.0 Å². The monoisotopic (exact) mass is 334 g/mol.